The maximum Gasteiger partial charge on any atom is 0.188 e. The quantitative estimate of drug-likeness (QED) is 0.755. The molecule has 0 atom stereocenters. The fraction of sp³-hybridized carbons (Fsp3) is 0.455. The third-order valence-corrected chi connectivity index (χ3v) is 2.61. The molecule has 0 N–H and O–H groups in total. The van der Waals surface area contributed by atoms with Gasteiger partial charge in [-0.1, -0.05) is 6.07 Å². The van der Waals surface area contributed by atoms with Crippen LogP contribution in [0.1, 0.15) is 11.9 Å². The molecule has 1 aromatic carbocycles. The number of hydrogen-bond acceptors (Lipinski definition) is 4. The van der Waals surface area contributed by atoms with Crippen LogP contribution in [0.4, 0.5) is 0 Å². The van der Waals surface area contributed by atoms with Crippen LogP contribution in [0, 0.1) is 0 Å². The summed E-state index contributed by atoms with van der Waals surface area (Å²) in [4.78, 5) is 0. The lowest BCUT2D eigenvalue weighted by molar-refractivity contribution is -0.106. The van der Waals surface area contributed by atoms with Crippen molar-refractivity contribution < 1.29 is 18.9 Å². The largest absolute Gasteiger partial charge is 0.466 e. The second kappa shape index (κ2) is 6.85. The molecule has 90 valence electrons. The number of ether oxygens (including phenoxy) is 4. The van der Waals surface area contributed by atoms with Gasteiger partial charge in [-0.05, 0) is 28.1 Å². The van der Waals surface area contributed by atoms with Crippen molar-refractivity contribution in [1.29, 1.82) is 0 Å². The van der Waals surface area contributed by atoms with Crippen molar-refractivity contribution in [1.82, 2.24) is 0 Å². The third-order valence-electron chi connectivity index (χ3n) is 1.99. The monoisotopic (exact) mass is 290 g/mol. The first kappa shape index (κ1) is 13.4. The lowest BCUT2D eigenvalue weighted by Gasteiger charge is -2.15. The molecule has 0 heterocycles. The minimum Gasteiger partial charge on any atom is -0.466 e. The molecule has 0 aliphatic carbocycles. The van der Waals surface area contributed by atoms with Gasteiger partial charge in [0.05, 0.1) is 4.47 Å². The Morgan fingerprint density at radius 2 is 1.88 bits per heavy atom. The van der Waals surface area contributed by atoms with Crippen LogP contribution in [-0.2, 0) is 14.2 Å². The molecule has 0 aromatic heterocycles. The highest BCUT2D eigenvalue weighted by Crippen LogP contribution is 2.29. The summed E-state index contributed by atoms with van der Waals surface area (Å²) in [5.74, 6) is 0.719. The highest BCUT2D eigenvalue weighted by Gasteiger charge is 2.11. The molecule has 5 heteroatoms. The van der Waals surface area contributed by atoms with Gasteiger partial charge in [-0.3, -0.25) is 0 Å². The van der Waals surface area contributed by atoms with Crippen molar-refractivity contribution in [3.05, 3.63) is 28.2 Å². The second-order valence-corrected chi connectivity index (χ2v) is 3.90. The van der Waals surface area contributed by atoms with Crippen molar-refractivity contribution in [2.24, 2.45) is 0 Å². The summed E-state index contributed by atoms with van der Waals surface area (Å²) in [6.45, 7) is 0.218. The average molecular weight is 291 g/mol. The number of benzene rings is 1. The molecular weight excluding hydrogens is 276 g/mol. The van der Waals surface area contributed by atoms with Crippen LogP contribution in [0.3, 0.4) is 0 Å². The summed E-state index contributed by atoms with van der Waals surface area (Å²) in [6.07, 6.45) is -0.368. The molecule has 0 aliphatic heterocycles. The summed E-state index contributed by atoms with van der Waals surface area (Å²) < 4.78 is 21.3. The summed E-state index contributed by atoms with van der Waals surface area (Å²) in [5, 5.41) is 0. The number of halogens is 1. The van der Waals surface area contributed by atoms with Gasteiger partial charge in [-0.25, -0.2) is 0 Å². The van der Waals surface area contributed by atoms with Crippen molar-refractivity contribution in [2.45, 2.75) is 6.29 Å². The molecule has 0 spiro atoms. The molecule has 0 fully saturated rings. The van der Waals surface area contributed by atoms with Gasteiger partial charge < -0.3 is 18.9 Å². The van der Waals surface area contributed by atoms with E-state index in [9.17, 15) is 0 Å². The van der Waals surface area contributed by atoms with E-state index in [1.807, 2.05) is 18.2 Å². The van der Waals surface area contributed by atoms with Crippen LogP contribution in [0.2, 0.25) is 0 Å². The first-order chi connectivity index (χ1) is 7.72. The van der Waals surface area contributed by atoms with Crippen LogP contribution in [-0.4, -0.2) is 28.1 Å². The molecule has 0 radical (unpaired) electrons. The summed E-state index contributed by atoms with van der Waals surface area (Å²) in [7, 11) is 4.77. The summed E-state index contributed by atoms with van der Waals surface area (Å²) in [6, 6.07) is 5.61. The molecule has 0 saturated heterocycles. The molecule has 16 heavy (non-hydrogen) atoms. The molecule has 1 rings (SSSR count). The molecule has 0 unspecified atom stereocenters. The van der Waals surface area contributed by atoms with Gasteiger partial charge in [-0.2, -0.15) is 0 Å². The summed E-state index contributed by atoms with van der Waals surface area (Å²) in [5.41, 5.74) is 0.918. The van der Waals surface area contributed by atoms with E-state index in [0.717, 1.165) is 15.8 Å². The van der Waals surface area contributed by atoms with E-state index in [4.69, 9.17) is 18.9 Å². The van der Waals surface area contributed by atoms with Gasteiger partial charge in [0.15, 0.2) is 13.1 Å². The van der Waals surface area contributed by atoms with E-state index in [1.165, 1.54) is 0 Å². The van der Waals surface area contributed by atoms with Crippen LogP contribution in [0.25, 0.3) is 0 Å². The Kier molecular flexibility index (Phi) is 5.76. The lowest BCUT2D eigenvalue weighted by atomic mass is 10.2. The topological polar surface area (TPSA) is 36.9 Å². The minimum absolute atomic E-state index is 0.218. The minimum atomic E-state index is -0.368. The van der Waals surface area contributed by atoms with Crippen molar-refractivity contribution in [3.8, 4) is 5.75 Å². The molecule has 1 aromatic rings. The zero-order valence-corrected chi connectivity index (χ0v) is 11.1. The Morgan fingerprint density at radius 3 is 2.38 bits per heavy atom. The van der Waals surface area contributed by atoms with Crippen molar-refractivity contribution in [2.75, 3.05) is 28.1 Å². The number of rotatable bonds is 6. The molecule has 0 aliphatic rings. The smallest absolute Gasteiger partial charge is 0.188 e. The normalized spacial score (nSPS) is 10.8. The van der Waals surface area contributed by atoms with E-state index < -0.39 is 0 Å². The predicted octanol–water partition coefficient (Wildman–Crippen LogP) is 2.72. The van der Waals surface area contributed by atoms with E-state index >= 15 is 0 Å². The zero-order valence-electron chi connectivity index (χ0n) is 9.53. The van der Waals surface area contributed by atoms with Gasteiger partial charge in [0.25, 0.3) is 0 Å². The Bertz CT molecular complexity index is 326. The lowest BCUT2D eigenvalue weighted by Crippen LogP contribution is -2.04. The fourth-order valence-corrected chi connectivity index (χ4v) is 1.78. The van der Waals surface area contributed by atoms with E-state index in [-0.39, 0.29) is 13.1 Å². The number of hydrogen-bond donors (Lipinski definition) is 0. The Balaban J connectivity index is 2.81. The van der Waals surface area contributed by atoms with Crippen LogP contribution < -0.4 is 4.74 Å². The van der Waals surface area contributed by atoms with Gasteiger partial charge in [-0.15, -0.1) is 0 Å². The van der Waals surface area contributed by atoms with Gasteiger partial charge in [0, 0.05) is 26.9 Å². The predicted molar refractivity (Wildman–Crippen MR) is 63.4 cm³/mol. The average Bonchev–Trinajstić information content (AvgIpc) is 2.29. The molecule has 0 amide bonds. The number of methoxy groups -OCH3 is 3. The maximum absolute atomic E-state index is 5.34. The van der Waals surface area contributed by atoms with Crippen molar-refractivity contribution in [3.63, 3.8) is 0 Å². The second-order valence-electron chi connectivity index (χ2n) is 3.04. The zero-order chi connectivity index (χ0) is 12.0. The van der Waals surface area contributed by atoms with Gasteiger partial charge in [0.2, 0.25) is 0 Å². The fourth-order valence-electron chi connectivity index (χ4n) is 1.27. The first-order valence-corrected chi connectivity index (χ1v) is 5.49. The Morgan fingerprint density at radius 1 is 1.19 bits per heavy atom. The van der Waals surface area contributed by atoms with Crippen LogP contribution >= 0.6 is 15.9 Å². The standard InChI is InChI=1S/C11H15BrO4/c1-13-7-16-10-5-4-8(6-9(10)12)11(14-2)15-3/h4-6,11H,7H2,1-3H3. The molecule has 4 nitrogen and oxygen atoms in total. The maximum atomic E-state index is 5.34. The highest BCUT2D eigenvalue weighted by molar-refractivity contribution is 9.10. The molecular formula is C11H15BrO4. The van der Waals surface area contributed by atoms with E-state index in [0.29, 0.717) is 0 Å². The molecule has 0 saturated carbocycles. The first-order valence-electron chi connectivity index (χ1n) is 4.69. The van der Waals surface area contributed by atoms with Crippen LogP contribution in [0.5, 0.6) is 5.75 Å². The van der Waals surface area contributed by atoms with Gasteiger partial charge in [0.1, 0.15) is 5.75 Å². The van der Waals surface area contributed by atoms with Crippen molar-refractivity contribution >= 4 is 15.9 Å². The highest BCUT2D eigenvalue weighted by atomic mass is 79.9. The molecule has 0 bridgehead atoms. The van der Waals surface area contributed by atoms with E-state index in [1.54, 1.807) is 21.3 Å². The van der Waals surface area contributed by atoms with Gasteiger partial charge >= 0.3 is 0 Å². The Labute approximate surface area is 104 Å². The summed E-state index contributed by atoms with van der Waals surface area (Å²) >= 11 is 3.41. The van der Waals surface area contributed by atoms with Crippen LogP contribution in [0.15, 0.2) is 22.7 Å². The SMILES string of the molecule is COCOc1ccc(C(OC)OC)cc1Br. The Hall–Kier alpha value is -0.620. The van der Waals surface area contributed by atoms with E-state index in [2.05, 4.69) is 15.9 Å². The third kappa shape index (κ3) is 3.45.